The van der Waals surface area contributed by atoms with E-state index in [1.807, 2.05) is 19.1 Å². The van der Waals surface area contributed by atoms with Crippen LogP contribution in [0.4, 0.5) is 11.4 Å². The van der Waals surface area contributed by atoms with Gasteiger partial charge in [-0.15, -0.1) is 0 Å². The number of rotatable bonds is 7. The van der Waals surface area contributed by atoms with Crippen LogP contribution in [0, 0.1) is 5.92 Å². The van der Waals surface area contributed by atoms with Crippen LogP contribution >= 0.6 is 11.6 Å². The minimum atomic E-state index is -0.347. The molecule has 0 aliphatic carbocycles. The van der Waals surface area contributed by atoms with Gasteiger partial charge in [0, 0.05) is 10.7 Å². The van der Waals surface area contributed by atoms with Gasteiger partial charge in [-0.25, -0.2) is 0 Å². The smallest absolute Gasteiger partial charge is 0.257 e. The Kier molecular flexibility index (Phi) is 7.48. The molecule has 0 unspecified atom stereocenters. The first-order chi connectivity index (χ1) is 14.8. The molecule has 0 saturated carbocycles. The molecule has 0 bridgehead atoms. The molecule has 3 aromatic rings. The van der Waals surface area contributed by atoms with Crippen LogP contribution in [-0.4, -0.2) is 11.8 Å². The molecule has 31 heavy (non-hydrogen) atoms. The quantitative estimate of drug-likeness (QED) is 0.444. The molecule has 0 fully saturated rings. The molecule has 4 nitrogen and oxygen atoms in total. The fourth-order valence-corrected chi connectivity index (χ4v) is 3.45. The fraction of sp³-hybridized carbons (Fsp3) is 0.231. The standard InChI is InChI=1S/C26H27ClN2O2/c1-17(2)16-19-8-10-20(11-9-19)18(3)25(30)29-24-7-5-4-6-23(24)26(31)28-22-14-12-21(27)13-15-22/h4-15,17-18H,16H2,1-3H3,(H,28,31)(H,29,30)/t18-/m1/s1. The van der Waals surface area contributed by atoms with E-state index in [4.69, 9.17) is 11.6 Å². The van der Waals surface area contributed by atoms with Crippen LogP contribution in [-0.2, 0) is 11.2 Å². The second-order valence-corrected chi connectivity index (χ2v) is 8.49. The SMILES string of the molecule is CC(C)Cc1ccc([C@@H](C)C(=O)Nc2ccccc2C(=O)Nc2ccc(Cl)cc2)cc1. The van der Waals surface area contributed by atoms with Gasteiger partial charge >= 0.3 is 0 Å². The van der Waals surface area contributed by atoms with Crippen molar-refractivity contribution in [1.29, 1.82) is 0 Å². The molecule has 0 radical (unpaired) electrons. The van der Waals surface area contributed by atoms with Gasteiger partial charge in [-0.2, -0.15) is 0 Å². The first kappa shape index (κ1) is 22.6. The van der Waals surface area contributed by atoms with Gasteiger partial charge in [0.05, 0.1) is 17.2 Å². The maximum atomic E-state index is 12.9. The largest absolute Gasteiger partial charge is 0.325 e. The van der Waals surface area contributed by atoms with Gasteiger partial charge < -0.3 is 10.6 Å². The van der Waals surface area contributed by atoms with Crippen molar-refractivity contribution in [2.75, 3.05) is 10.6 Å². The molecule has 0 aliphatic rings. The Bertz CT molecular complexity index is 1040. The summed E-state index contributed by atoms with van der Waals surface area (Å²) in [5.74, 6) is -0.227. The second kappa shape index (κ2) is 10.3. The average Bonchev–Trinajstić information content (AvgIpc) is 2.75. The number of carbonyl (C=O) groups is 2. The zero-order valence-electron chi connectivity index (χ0n) is 18.0. The Balaban J connectivity index is 1.71. The molecule has 160 valence electrons. The number of para-hydroxylation sites is 1. The molecule has 2 amide bonds. The van der Waals surface area contributed by atoms with E-state index in [1.165, 1.54) is 5.56 Å². The second-order valence-electron chi connectivity index (χ2n) is 8.06. The monoisotopic (exact) mass is 434 g/mol. The summed E-state index contributed by atoms with van der Waals surface area (Å²) in [7, 11) is 0. The lowest BCUT2D eigenvalue weighted by Gasteiger charge is -2.16. The summed E-state index contributed by atoms with van der Waals surface area (Å²) in [6.45, 7) is 6.23. The normalized spacial score (nSPS) is 11.8. The lowest BCUT2D eigenvalue weighted by Crippen LogP contribution is -2.22. The van der Waals surface area contributed by atoms with Crippen LogP contribution < -0.4 is 10.6 Å². The molecule has 0 heterocycles. The third kappa shape index (κ3) is 6.19. The Labute approximate surface area is 188 Å². The highest BCUT2D eigenvalue weighted by molar-refractivity contribution is 6.30. The van der Waals surface area contributed by atoms with Gasteiger partial charge in [-0.3, -0.25) is 9.59 Å². The van der Waals surface area contributed by atoms with Gasteiger partial charge in [0.25, 0.3) is 5.91 Å². The van der Waals surface area contributed by atoms with Crippen LogP contribution in [0.1, 0.15) is 48.2 Å². The summed E-state index contributed by atoms with van der Waals surface area (Å²) in [5, 5.41) is 6.34. The van der Waals surface area contributed by atoms with Crippen molar-refractivity contribution in [2.24, 2.45) is 5.92 Å². The van der Waals surface area contributed by atoms with E-state index in [1.54, 1.807) is 48.5 Å². The molecule has 5 heteroatoms. The maximum Gasteiger partial charge on any atom is 0.257 e. The van der Waals surface area contributed by atoms with E-state index in [2.05, 4.69) is 36.6 Å². The van der Waals surface area contributed by atoms with Crippen LogP contribution in [0.2, 0.25) is 5.02 Å². The molecular weight excluding hydrogens is 408 g/mol. The van der Waals surface area contributed by atoms with E-state index < -0.39 is 0 Å². The summed E-state index contributed by atoms with van der Waals surface area (Å²) in [6.07, 6.45) is 1.01. The molecule has 0 aromatic heterocycles. The Morgan fingerprint density at radius 1 is 0.839 bits per heavy atom. The molecule has 1 atom stereocenters. The van der Waals surface area contributed by atoms with Crippen molar-refractivity contribution in [1.82, 2.24) is 0 Å². The summed E-state index contributed by atoms with van der Waals surface area (Å²) in [4.78, 5) is 25.7. The van der Waals surface area contributed by atoms with Crippen molar-refractivity contribution in [2.45, 2.75) is 33.1 Å². The maximum absolute atomic E-state index is 12.9. The number of hydrogen-bond acceptors (Lipinski definition) is 2. The van der Waals surface area contributed by atoms with Crippen molar-refractivity contribution < 1.29 is 9.59 Å². The van der Waals surface area contributed by atoms with Gasteiger partial charge in [-0.1, -0.05) is 61.8 Å². The van der Waals surface area contributed by atoms with Crippen molar-refractivity contribution >= 4 is 34.8 Å². The van der Waals surface area contributed by atoms with Crippen LogP contribution in [0.15, 0.2) is 72.8 Å². The van der Waals surface area contributed by atoms with Gasteiger partial charge in [0.2, 0.25) is 5.91 Å². The number of halogens is 1. The van der Waals surface area contributed by atoms with Gasteiger partial charge in [0.15, 0.2) is 0 Å². The number of amides is 2. The predicted molar refractivity (Wildman–Crippen MR) is 128 cm³/mol. The van der Waals surface area contributed by atoms with Gasteiger partial charge in [0.1, 0.15) is 0 Å². The highest BCUT2D eigenvalue weighted by Gasteiger charge is 2.19. The molecule has 3 aromatic carbocycles. The minimum absolute atomic E-state index is 0.164. The number of anilines is 2. The first-order valence-electron chi connectivity index (χ1n) is 10.4. The topological polar surface area (TPSA) is 58.2 Å². The molecule has 3 rings (SSSR count). The molecule has 0 spiro atoms. The van der Waals surface area contributed by atoms with Crippen molar-refractivity contribution in [3.8, 4) is 0 Å². The number of benzene rings is 3. The van der Waals surface area contributed by atoms with E-state index >= 15 is 0 Å². The van der Waals surface area contributed by atoms with Crippen LogP contribution in [0.25, 0.3) is 0 Å². The van der Waals surface area contributed by atoms with E-state index in [0.29, 0.717) is 27.9 Å². The third-order valence-electron chi connectivity index (χ3n) is 5.05. The van der Waals surface area contributed by atoms with Crippen LogP contribution in [0.5, 0.6) is 0 Å². The first-order valence-corrected chi connectivity index (χ1v) is 10.8. The highest BCUT2D eigenvalue weighted by atomic mass is 35.5. The Hall–Kier alpha value is -3.11. The third-order valence-corrected chi connectivity index (χ3v) is 5.30. The molecular formula is C26H27ClN2O2. The van der Waals surface area contributed by atoms with E-state index in [-0.39, 0.29) is 17.7 Å². The number of carbonyl (C=O) groups excluding carboxylic acids is 2. The van der Waals surface area contributed by atoms with Crippen molar-refractivity contribution in [3.05, 3.63) is 94.5 Å². The summed E-state index contributed by atoms with van der Waals surface area (Å²) < 4.78 is 0. The van der Waals surface area contributed by atoms with E-state index in [0.717, 1.165) is 12.0 Å². The lowest BCUT2D eigenvalue weighted by molar-refractivity contribution is -0.117. The fourth-order valence-electron chi connectivity index (χ4n) is 3.33. The van der Waals surface area contributed by atoms with Crippen LogP contribution in [0.3, 0.4) is 0 Å². The summed E-state index contributed by atoms with van der Waals surface area (Å²) in [6, 6.07) is 22.0. The highest BCUT2D eigenvalue weighted by Crippen LogP contribution is 2.23. The summed E-state index contributed by atoms with van der Waals surface area (Å²) >= 11 is 5.90. The molecule has 2 N–H and O–H groups in total. The Morgan fingerprint density at radius 3 is 2.13 bits per heavy atom. The lowest BCUT2D eigenvalue weighted by atomic mass is 9.96. The number of hydrogen-bond donors (Lipinski definition) is 2. The molecule has 0 saturated heterocycles. The minimum Gasteiger partial charge on any atom is -0.325 e. The zero-order valence-corrected chi connectivity index (χ0v) is 18.7. The average molecular weight is 435 g/mol. The van der Waals surface area contributed by atoms with Gasteiger partial charge in [-0.05, 0) is 66.8 Å². The van der Waals surface area contributed by atoms with E-state index in [9.17, 15) is 9.59 Å². The summed E-state index contributed by atoms with van der Waals surface area (Å²) in [5.41, 5.74) is 3.70. The predicted octanol–water partition coefficient (Wildman–Crippen LogP) is 6.53. The molecule has 0 aliphatic heterocycles. The Morgan fingerprint density at radius 2 is 1.48 bits per heavy atom. The number of nitrogens with one attached hydrogen (secondary N) is 2. The van der Waals surface area contributed by atoms with Crippen molar-refractivity contribution in [3.63, 3.8) is 0 Å². The zero-order chi connectivity index (χ0) is 22.4.